The van der Waals surface area contributed by atoms with Gasteiger partial charge in [0.2, 0.25) is 0 Å². The first-order chi connectivity index (χ1) is 16.8. The van der Waals surface area contributed by atoms with Crippen LogP contribution in [0.1, 0.15) is 11.1 Å². The molecule has 34 heavy (non-hydrogen) atoms. The molecule has 0 atom stereocenters. The number of nitrogens with one attached hydrogen (secondary N) is 2. The zero-order chi connectivity index (χ0) is 22.7. The predicted molar refractivity (Wildman–Crippen MR) is 137 cm³/mol. The van der Waals surface area contributed by atoms with Gasteiger partial charge >= 0.3 is 0 Å². The Balaban J connectivity index is 1.25. The summed E-state index contributed by atoms with van der Waals surface area (Å²) in [6, 6.07) is 34.9. The van der Waals surface area contributed by atoms with E-state index in [-0.39, 0.29) is 0 Å². The van der Waals surface area contributed by atoms with E-state index in [1.807, 2.05) is 54.7 Å². The molecule has 0 bridgehead atoms. The van der Waals surface area contributed by atoms with Gasteiger partial charge in [0.25, 0.3) is 0 Å². The minimum Gasteiger partial charge on any atom is -0.489 e. The summed E-state index contributed by atoms with van der Waals surface area (Å²) in [5.74, 6) is 1.71. The average Bonchev–Trinajstić information content (AvgIpc) is 3.50. The Bertz CT molecular complexity index is 1550. The van der Waals surface area contributed by atoms with Gasteiger partial charge in [0.1, 0.15) is 24.7 Å². The van der Waals surface area contributed by atoms with E-state index in [0.717, 1.165) is 55.7 Å². The predicted octanol–water partition coefficient (Wildman–Crippen LogP) is 7.47. The highest BCUT2D eigenvalue weighted by molar-refractivity contribution is 5.98. The SMILES string of the molecule is c1ccc(COc2ccc3[nH]c(-c4c[nH]c5ccc(OCc6ccccc6)cc45)cc3c2)cc1. The summed E-state index contributed by atoms with van der Waals surface area (Å²) >= 11 is 0. The van der Waals surface area contributed by atoms with Crippen molar-refractivity contribution in [1.82, 2.24) is 9.97 Å². The van der Waals surface area contributed by atoms with E-state index in [1.54, 1.807) is 0 Å². The first-order valence-corrected chi connectivity index (χ1v) is 11.4. The van der Waals surface area contributed by atoms with Gasteiger partial charge in [0.15, 0.2) is 0 Å². The summed E-state index contributed by atoms with van der Waals surface area (Å²) in [5.41, 5.74) is 6.63. The molecule has 6 rings (SSSR count). The number of fused-ring (bicyclic) bond motifs is 2. The average molecular weight is 445 g/mol. The van der Waals surface area contributed by atoms with E-state index >= 15 is 0 Å². The molecule has 0 saturated heterocycles. The molecule has 0 aliphatic heterocycles. The van der Waals surface area contributed by atoms with Crippen molar-refractivity contribution in [1.29, 1.82) is 0 Å². The van der Waals surface area contributed by atoms with Crippen LogP contribution in [0.3, 0.4) is 0 Å². The van der Waals surface area contributed by atoms with E-state index in [9.17, 15) is 0 Å². The molecule has 4 nitrogen and oxygen atoms in total. The molecule has 0 unspecified atom stereocenters. The lowest BCUT2D eigenvalue weighted by Gasteiger charge is -2.07. The highest BCUT2D eigenvalue weighted by Gasteiger charge is 2.11. The molecular weight excluding hydrogens is 420 g/mol. The summed E-state index contributed by atoms with van der Waals surface area (Å²) in [7, 11) is 0. The highest BCUT2D eigenvalue weighted by atomic mass is 16.5. The Hall–Kier alpha value is -4.44. The van der Waals surface area contributed by atoms with Crippen molar-refractivity contribution in [3.05, 3.63) is 120 Å². The number of hydrogen-bond acceptors (Lipinski definition) is 2. The van der Waals surface area contributed by atoms with Crippen LogP contribution in [0, 0.1) is 0 Å². The zero-order valence-corrected chi connectivity index (χ0v) is 18.6. The fraction of sp³-hybridized carbons (Fsp3) is 0.0667. The van der Waals surface area contributed by atoms with Crippen molar-refractivity contribution in [2.24, 2.45) is 0 Å². The third kappa shape index (κ3) is 4.14. The number of H-pyrrole nitrogens is 2. The van der Waals surface area contributed by atoms with Crippen LogP contribution in [0.15, 0.2) is 109 Å². The minimum absolute atomic E-state index is 0.546. The van der Waals surface area contributed by atoms with E-state index in [2.05, 4.69) is 64.6 Å². The summed E-state index contributed by atoms with van der Waals surface area (Å²) in [6.45, 7) is 1.10. The number of benzene rings is 4. The van der Waals surface area contributed by atoms with E-state index < -0.39 is 0 Å². The van der Waals surface area contributed by atoms with Gasteiger partial charge < -0.3 is 19.4 Å². The van der Waals surface area contributed by atoms with Crippen molar-refractivity contribution in [2.45, 2.75) is 13.2 Å². The van der Waals surface area contributed by atoms with Gasteiger partial charge in [-0.3, -0.25) is 0 Å². The lowest BCUT2D eigenvalue weighted by molar-refractivity contribution is 0.306. The number of hydrogen-bond donors (Lipinski definition) is 2. The topological polar surface area (TPSA) is 50.0 Å². The molecule has 0 aliphatic carbocycles. The lowest BCUT2D eigenvalue weighted by atomic mass is 10.1. The van der Waals surface area contributed by atoms with Gasteiger partial charge in [-0.1, -0.05) is 60.7 Å². The van der Waals surface area contributed by atoms with Gasteiger partial charge in [-0.05, 0) is 53.6 Å². The Morgan fingerprint density at radius 3 is 1.88 bits per heavy atom. The molecule has 0 aliphatic rings. The normalized spacial score (nSPS) is 11.2. The highest BCUT2D eigenvalue weighted by Crippen LogP contribution is 2.34. The summed E-state index contributed by atoms with van der Waals surface area (Å²) in [6.07, 6.45) is 2.04. The number of ether oxygens (including phenoxy) is 2. The number of aromatic amines is 2. The minimum atomic E-state index is 0.546. The van der Waals surface area contributed by atoms with Crippen LogP contribution in [0.5, 0.6) is 11.5 Å². The monoisotopic (exact) mass is 444 g/mol. The maximum absolute atomic E-state index is 6.06. The van der Waals surface area contributed by atoms with Crippen molar-refractivity contribution >= 4 is 21.8 Å². The van der Waals surface area contributed by atoms with Crippen molar-refractivity contribution in [3.8, 4) is 22.8 Å². The van der Waals surface area contributed by atoms with Crippen LogP contribution in [-0.2, 0) is 13.2 Å². The smallest absolute Gasteiger partial charge is 0.120 e. The van der Waals surface area contributed by atoms with Gasteiger partial charge in [-0.25, -0.2) is 0 Å². The van der Waals surface area contributed by atoms with Crippen molar-refractivity contribution in [2.75, 3.05) is 0 Å². The van der Waals surface area contributed by atoms with Gasteiger partial charge in [-0.2, -0.15) is 0 Å². The maximum Gasteiger partial charge on any atom is 0.120 e. The van der Waals surface area contributed by atoms with Crippen LogP contribution in [0.4, 0.5) is 0 Å². The molecular formula is C30H24N2O2. The molecule has 0 amide bonds. The molecule has 166 valence electrons. The Kier molecular flexibility index (Phi) is 5.24. The Labute approximate surface area is 197 Å². The fourth-order valence-corrected chi connectivity index (χ4v) is 4.24. The van der Waals surface area contributed by atoms with Crippen LogP contribution in [0.25, 0.3) is 33.1 Å². The molecule has 6 aromatic rings. The molecule has 0 radical (unpaired) electrons. The largest absolute Gasteiger partial charge is 0.489 e. The van der Waals surface area contributed by atoms with Gasteiger partial charge in [-0.15, -0.1) is 0 Å². The molecule has 2 aromatic heterocycles. The molecule has 4 heteroatoms. The second kappa shape index (κ2) is 8.83. The van der Waals surface area contributed by atoms with Crippen molar-refractivity contribution in [3.63, 3.8) is 0 Å². The van der Waals surface area contributed by atoms with Crippen LogP contribution in [0.2, 0.25) is 0 Å². The lowest BCUT2D eigenvalue weighted by Crippen LogP contribution is -1.94. The number of aromatic nitrogens is 2. The third-order valence-electron chi connectivity index (χ3n) is 6.03. The quantitative estimate of drug-likeness (QED) is 0.268. The molecule has 0 fully saturated rings. The van der Waals surface area contributed by atoms with E-state index in [4.69, 9.17) is 9.47 Å². The Morgan fingerprint density at radius 2 is 1.21 bits per heavy atom. The summed E-state index contributed by atoms with van der Waals surface area (Å²) < 4.78 is 12.1. The second-order valence-corrected chi connectivity index (χ2v) is 8.39. The van der Waals surface area contributed by atoms with Crippen molar-refractivity contribution < 1.29 is 9.47 Å². The standard InChI is InChI=1S/C30H24N2O2/c1-3-7-21(8-4-1)19-33-24-11-13-28-23(15-24)16-30(32-28)27-18-31-29-14-12-25(17-26(27)29)34-20-22-9-5-2-6-10-22/h1-18,31-32H,19-20H2. The van der Waals surface area contributed by atoms with Gasteiger partial charge in [0, 0.05) is 39.3 Å². The zero-order valence-electron chi connectivity index (χ0n) is 18.6. The molecule has 0 spiro atoms. The third-order valence-corrected chi connectivity index (χ3v) is 6.03. The van der Waals surface area contributed by atoms with Crippen LogP contribution in [-0.4, -0.2) is 9.97 Å². The second-order valence-electron chi connectivity index (χ2n) is 8.39. The summed E-state index contributed by atoms with van der Waals surface area (Å²) in [4.78, 5) is 6.93. The first-order valence-electron chi connectivity index (χ1n) is 11.4. The van der Waals surface area contributed by atoms with Crippen LogP contribution >= 0.6 is 0 Å². The first kappa shape index (κ1) is 20.2. The van der Waals surface area contributed by atoms with E-state index in [1.165, 1.54) is 0 Å². The fourth-order valence-electron chi connectivity index (χ4n) is 4.24. The molecule has 2 N–H and O–H groups in total. The molecule has 0 saturated carbocycles. The van der Waals surface area contributed by atoms with Gasteiger partial charge in [0.05, 0.1) is 0 Å². The molecule has 4 aromatic carbocycles. The van der Waals surface area contributed by atoms with Crippen LogP contribution < -0.4 is 9.47 Å². The van der Waals surface area contributed by atoms with E-state index in [0.29, 0.717) is 13.2 Å². The number of rotatable bonds is 7. The maximum atomic E-state index is 6.06. The Morgan fingerprint density at radius 1 is 0.588 bits per heavy atom. The molecule has 2 heterocycles. The summed E-state index contributed by atoms with van der Waals surface area (Å²) in [5, 5.41) is 2.24.